The molecular weight excluding hydrogens is 484 g/mol. The molecule has 0 saturated carbocycles. The highest BCUT2D eigenvalue weighted by Gasteiger charge is 2.22. The number of aromatic nitrogens is 3. The van der Waals surface area contributed by atoms with E-state index in [0.29, 0.717) is 22.7 Å². The Morgan fingerprint density at radius 2 is 1.51 bits per heavy atom. The molecule has 2 N–H and O–H groups in total. The summed E-state index contributed by atoms with van der Waals surface area (Å²) in [5.74, 6) is -0.737. The normalized spacial score (nSPS) is 11.5. The zero-order valence-electron chi connectivity index (χ0n) is 19.5. The average molecular weight is 507 g/mol. The molecule has 0 aliphatic rings. The molecule has 0 saturated heterocycles. The highest BCUT2D eigenvalue weighted by atomic mass is 19.1. The van der Waals surface area contributed by atoms with Crippen LogP contribution in [0.4, 0.5) is 14.5 Å². The Bertz CT molecular complexity index is 1300. The number of carbonyl (C=O) groups is 2. The minimum atomic E-state index is -1.02. The van der Waals surface area contributed by atoms with Gasteiger partial charge in [-0.3, -0.25) is 9.59 Å². The molecule has 4 aromatic rings. The molecule has 2 amide bonds. The summed E-state index contributed by atoms with van der Waals surface area (Å²) in [6, 6.07) is 16.9. The molecule has 0 radical (unpaired) electrons. The van der Waals surface area contributed by atoms with Crippen molar-refractivity contribution in [3.63, 3.8) is 0 Å². The van der Waals surface area contributed by atoms with Crippen LogP contribution in [0.1, 0.15) is 5.56 Å². The van der Waals surface area contributed by atoms with Crippen molar-refractivity contribution < 1.29 is 27.8 Å². The molecule has 1 unspecified atom stereocenters. The van der Waals surface area contributed by atoms with Crippen molar-refractivity contribution >= 4 is 17.5 Å². The van der Waals surface area contributed by atoms with Crippen LogP contribution in [0.2, 0.25) is 0 Å². The second kappa shape index (κ2) is 12.4. The van der Waals surface area contributed by atoms with Gasteiger partial charge in [0.2, 0.25) is 11.8 Å². The number of hydrogen-bond acceptors (Lipinski definition) is 6. The molecule has 3 aromatic carbocycles. The van der Waals surface area contributed by atoms with Gasteiger partial charge >= 0.3 is 0 Å². The Hall–Kier alpha value is -4.64. The number of benzene rings is 3. The number of rotatable bonds is 11. The lowest BCUT2D eigenvalue weighted by molar-refractivity contribution is -0.128. The van der Waals surface area contributed by atoms with Gasteiger partial charge in [0.25, 0.3) is 0 Å². The van der Waals surface area contributed by atoms with Crippen LogP contribution in [0.5, 0.6) is 11.5 Å². The first-order valence-electron chi connectivity index (χ1n) is 11.2. The van der Waals surface area contributed by atoms with Gasteiger partial charge in [-0.15, -0.1) is 0 Å². The number of nitrogens with zero attached hydrogens (tertiary/aromatic N) is 3. The second-order valence-corrected chi connectivity index (χ2v) is 7.92. The van der Waals surface area contributed by atoms with Crippen LogP contribution in [-0.2, 0) is 27.5 Å². The topological polar surface area (TPSA) is 107 Å². The van der Waals surface area contributed by atoms with Crippen LogP contribution in [0.15, 0.2) is 85.5 Å². The van der Waals surface area contributed by atoms with Crippen molar-refractivity contribution in [1.82, 2.24) is 20.1 Å². The lowest BCUT2D eigenvalue weighted by atomic mass is 10.2. The Kier molecular flexibility index (Phi) is 8.50. The molecule has 1 atom stereocenters. The molecule has 37 heavy (non-hydrogen) atoms. The summed E-state index contributed by atoms with van der Waals surface area (Å²) in [5.41, 5.74) is 1.18. The van der Waals surface area contributed by atoms with E-state index in [0.717, 1.165) is 0 Å². The zero-order chi connectivity index (χ0) is 26.0. The van der Waals surface area contributed by atoms with E-state index in [-0.39, 0.29) is 31.4 Å². The highest BCUT2D eigenvalue weighted by Crippen LogP contribution is 2.23. The molecule has 4 rings (SSSR count). The molecule has 0 aliphatic carbocycles. The van der Waals surface area contributed by atoms with Crippen LogP contribution >= 0.6 is 0 Å². The van der Waals surface area contributed by atoms with Gasteiger partial charge in [-0.05, 0) is 66.2 Å². The molecule has 0 aliphatic heterocycles. The minimum absolute atomic E-state index is 0.123. The smallest absolute Gasteiger partial charge is 0.249 e. The maximum atomic E-state index is 13.1. The third kappa shape index (κ3) is 7.94. The van der Waals surface area contributed by atoms with E-state index in [1.165, 1.54) is 53.7 Å². The van der Waals surface area contributed by atoms with Crippen LogP contribution in [-0.4, -0.2) is 39.2 Å². The van der Waals surface area contributed by atoms with E-state index in [1.54, 1.807) is 36.4 Å². The van der Waals surface area contributed by atoms with E-state index in [2.05, 4.69) is 20.7 Å². The summed E-state index contributed by atoms with van der Waals surface area (Å²) in [6.07, 6.45) is 2.68. The number of nitrogens with one attached hydrogen (secondary N) is 2. The summed E-state index contributed by atoms with van der Waals surface area (Å²) in [4.78, 5) is 29.2. The quantitative estimate of drug-likeness (QED) is 0.321. The number of halogens is 2. The van der Waals surface area contributed by atoms with Gasteiger partial charge in [-0.2, -0.15) is 5.10 Å². The maximum Gasteiger partial charge on any atom is 0.249 e. The van der Waals surface area contributed by atoms with Crippen LogP contribution in [0.25, 0.3) is 0 Å². The largest absolute Gasteiger partial charge is 0.457 e. The number of hydrogen-bond donors (Lipinski definition) is 2. The van der Waals surface area contributed by atoms with Crippen molar-refractivity contribution in [1.29, 1.82) is 0 Å². The van der Waals surface area contributed by atoms with Crippen LogP contribution in [0.3, 0.4) is 0 Å². The van der Waals surface area contributed by atoms with Crippen molar-refractivity contribution in [2.45, 2.75) is 19.2 Å². The van der Waals surface area contributed by atoms with Crippen molar-refractivity contribution in [3.8, 4) is 11.5 Å². The van der Waals surface area contributed by atoms with Crippen LogP contribution < -0.4 is 15.4 Å². The first-order chi connectivity index (χ1) is 17.9. The summed E-state index contributed by atoms with van der Waals surface area (Å²) in [7, 11) is 0. The van der Waals surface area contributed by atoms with Crippen molar-refractivity contribution in [2.75, 3.05) is 11.9 Å². The number of carbonyl (C=O) groups excluding carboxylic acids is 2. The lowest BCUT2D eigenvalue weighted by Gasteiger charge is -2.19. The molecule has 0 fully saturated rings. The lowest BCUT2D eigenvalue weighted by Crippen LogP contribution is -2.47. The fourth-order valence-corrected chi connectivity index (χ4v) is 3.23. The van der Waals surface area contributed by atoms with Crippen molar-refractivity contribution in [3.05, 3.63) is 103 Å². The molecule has 11 heteroatoms. The monoisotopic (exact) mass is 507 g/mol. The van der Waals surface area contributed by atoms with Gasteiger partial charge in [-0.25, -0.2) is 18.4 Å². The van der Waals surface area contributed by atoms with Crippen molar-refractivity contribution in [2.24, 2.45) is 0 Å². The molecular formula is C26H23F2N5O4. The minimum Gasteiger partial charge on any atom is -0.457 e. The van der Waals surface area contributed by atoms with E-state index < -0.39 is 17.9 Å². The summed E-state index contributed by atoms with van der Waals surface area (Å²) >= 11 is 0. The Labute approximate surface area is 211 Å². The van der Waals surface area contributed by atoms with E-state index in [9.17, 15) is 18.4 Å². The molecule has 190 valence electrons. The third-order valence-corrected chi connectivity index (χ3v) is 5.06. The molecule has 1 heterocycles. The summed E-state index contributed by atoms with van der Waals surface area (Å²) < 4.78 is 38.8. The third-order valence-electron chi connectivity index (χ3n) is 5.06. The zero-order valence-corrected chi connectivity index (χ0v) is 19.5. The van der Waals surface area contributed by atoms with Gasteiger partial charge in [0.1, 0.15) is 48.4 Å². The number of amides is 2. The fraction of sp³-hybridized carbons (Fsp3) is 0.154. The Morgan fingerprint density at radius 3 is 2.14 bits per heavy atom. The summed E-state index contributed by atoms with van der Waals surface area (Å²) in [5, 5.41) is 9.26. The van der Waals surface area contributed by atoms with Gasteiger partial charge in [-0.1, -0.05) is 12.1 Å². The predicted molar refractivity (Wildman–Crippen MR) is 130 cm³/mol. The number of ether oxygens (including phenoxy) is 2. The highest BCUT2D eigenvalue weighted by molar-refractivity contribution is 5.97. The molecule has 9 nitrogen and oxygen atoms in total. The molecule has 0 bridgehead atoms. The Balaban J connectivity index is 1.37. The predicted octanol–water partition coefficient (Wildman–Crippen LogP) is 3.69. The standard InChI is InChI=1S/C26H23F2N5O4/c27-19-3-1-18(2-4-19)14-36-15-24(32-25(34)13-33-17-29-16-30-33)26(35)31-21-7-11-23(12-8-21)37-22-9-5-20(28)6-10-22/h1-12,16-17,24H,13-15H2,(H,31,35)(H,32,34). The second-order valence-electron chi connectivity index (χ2n) is 7.92. The van der Waals surface area contributed by atoms with Gasteiger partial charge < -0.3 is 20.1 Å². The van der Waals surface area contributed by atoms with E-state index in [4.69, 9.17) is 9.47 Å². The van der Waals surface area contributed by atoms with Gasteiger partial charge in [0.05, 0.1) is 13.2 Å². The first-order valence-corrected chi connectivity index (χ1v) is 11.2. The molecule has 0 spiro atoms. The first kappa shape index (κ1) is 25.5. The summed E-state index contributed by atoms with van der Waals surface area (Å²) in [6.45, 7) is -0.131. The van der Waals surface area contributed by atoms with Gasteiger partial charge in [0.15, 0.2) is 0 Å². The number of anilines is 1. The Morgan fingerprint density at radius 1 is 0.892 bits per heavy atom. The fourth-order valence-electron chi connectivity index (χ4n) is 3.23. The van der Waals surface area contributed by atoms with E-state index >= 15 is 0 Å². The maximum absolute atomic E-state index is 13.1. The average Bonchev–Trinajstić information content (AvgIpc) is 3.40. The van der Waals surface area contributed by atoms with Gasteiger partial charge in [0, 0.05) is 5.69 Å². The van der Waals surface area contributed by atoms with Crippen LogP contribution in [0, 0.1) is 11.6 Å². The van der Waals surface area contributed by atoms with E-state index in [1.807, 2.05) is 0 Å². The SMILES string of the molecule is O=C(Cn1cncn1)NC(COCc1ccc(F)cc1)C(=O)Nc1ccc(Oc2ccc(F)cc2)cc1. The molecule has 1 aromatic heterocycles.